The van der Waals surface area contributed by atoms with Crippen molar-refractivity contribution in [1.82, 2.24) is 15.5 Å². The van der Waals surface area contributed by atoms with Crippen molar-refractivity contribution in [1.29, 1.82) is 0 Å². The minimum absolute atomic E-state index is 0.0121. The van der Waals surface area contributed by atoms with Crippen molar-refractivity contribution in [3.05, 3.63) is 60.2 Å². The van der Waals surface area contributed by atoms with Crippen LogP contribution in [0.3, 0.4) is 0 Å². The van der Waals surface area contributed by atoms with E-state index in [0.717, 1.165) is 40.1 Å². The first-order valence-corrected chi connectivity index (χ1v) is 10.1. The maximum absolute atomic E-state index is 11.2. The van der Waals surface area contributed by atoms with Crippen LogP contribution in [0.15, 0.2) is 54.6 Å². The number of nitrogens with one attached hydrogen (secondary N) is 1. The highest BCUT2D eigenvalue weighted by Crippen LogP contribution is 2.31. The molecule has 2 aromatic carbocycles. The number of carbonyl (C=O) groups is 1. The van der Waals surface area contributed by atoms with Gasteiger partial charge < -0.3 is 15.0 Å². The quantitative estimate of drug-likeness (QED) is 0.691. The Morgan fingerprint density at radius 1 is 1.14 bits per heavy atom. The van der Waals surface area contributed by atoms with Gasteiger partial charge in [0.25, 0.3) is 0 Å². The summed E-state index contributed by atoms with van der Waals surface area (Å²) in [6, 6.07) is 18.0. The number of aromatic nitrogens is 2. The van der Waals surface area contributed by atoms with Crippen LogP contribution in [-0.4, -0.2) is 35.3 Å². The Kier molecular flexibility index (Phi) is 5.25. The minimum Gasteiger partial charge on any atom is -0.487 e. The van der Waals surface area contributed by atoms with E-state index in [9.17, 15) is 4.79 Å². The molecule has 28 heavy (non-hydrogen) atoms. The number of nitrogens with zero attached hydrogens (tertiary/aromatic N) is 3. The Labute approximate surface area is 168 Å². The number of hydrogen-bond acceptors (Lipinski definition) is 6. The Morgan fingerprint density at radius 2 is 1.86 bits per heavy atom. The van der Waals surface area contributed by atoms with Gasteiger partial charge in [0, 0.05) is 12.5 Å². The lowest BCUT2D eigenvalue weighted by Crippen LogP contribution is -2.54. The molecule has 1 atom stereocenters. The van der Waals surface area contributed by atoms with E-state index >= 15 is 0 Å². The molecule has 1 N–H and O–H groups in total. The van der Waals surface area contributed by atoms with Gasteiger partial charge in [0.1, 0.15) is 16.9 Å². The van der Waals surface area contributed by atoms with Crippen LogP contribution in [0.25, 0.3) is 10.6 Å². The monoisotopic (exact) mass is 394 g/mol. The van der Waals surface area contributed by atoms with Gasteiger partial charge in [-0.2, -0.15) is 0 Å². The molecule has 1 saturated heterocycles. The second-order valence-electron chi connectivity index (χ2n) is 6.89. The molecule has 1 aliphatic heterocycles. The molecular formula is C21H22N4O2S. The summed E-state index contributed by atoms with van der Waals surface area (Å²) in [4.78, 5) is 13.3. The molecule has 4 rings (SSSR count). The van der Waals surface area contributed by atoms with Crippen LogP contribution in [0.5, 0.6) is 5.75 Å². The van der Waals surface area contributed by atoms with Gasteiger partial charge in [-0.15, -0.1) is 10.2 Å². The zero-order chi connectivity index (χ0) is 19.5. The third kappa shape index (κ3) is 4.14. The highest BCUT2D eigenvalue weighted by molar-refractivity contribution is 7.18. The predicted molar refractivity (Wildman–Crippen MR) is 111 cm³/mol. The van der Waals surface area contributed by atoms with E-state index in [1.807, 2.05) is 61.5 Å². The number of benzene rings is 2. The first kappa shape index (κ1) is 18.4. The lowest BCUT2D eigenvalue weighted by molar-refractivity contribution is -0.119. The van der Waals surface area contributed by atoms with E-state index < -0.39 is 0 Å². The van der Waals surface area contributed by atoms with Crippen LogP contribution in [0, 0.1) is 0 Å². The third-order valence-electron chi connectivity index (χ3n) is 4.66. The zero-order valence-corrected chi connectivity index (χ0v) is 16.6. The first-order chi connectivity index (χ1) is 13.6. The van der Waals surface area contributed by atoms with Crippen molar-refractivity contribution in [2.45, 2.75) is 26.0 Å². The normalized spacial score (nSPS) is 15.0. The molecule has 7 heteroatoms. The van der Waals surface area contributed by atoms with Gasteiger partial charge in [0.05, 0.1) is 19.1 Å². The molecular weight excluding hydrogens is 372 g/mol. The molecule has 6 nitrogen and oxygen atoms in total. The molecule has 0 spiro atoms. The van der Waals surface area contributed by atoms with Crippen molar-refractivity contribution < 1.29 is 9.53 Å². The summed E-state index contributed by atoms with van der Waals surface area (Å²) in [5, 5.41) is 13.4. The Morgan fingerprint density at radius 3 is 2.54 bits per heavy atom. The van der Waals surface area contributed by atoms with Crippen LogP contribution >= 0.6 is 11.3 Å². The van der Waals surface area contributed by atoms with E-state index in [0.29, 0.717) is 0 Å². The number of ether oxygens (including phenoxy) is 1. The van der Waals surface area contributed by atoms with Gasteiger partial charge in [-0.25, -0.2) is 0 Å². The van der Waals surface area contributed by atoms with Crippen LogP contribution in [0.1, 0.15) is 25.5 Å². The molecule has 0 aliphatic carbocycles. The van der Waals surface area contributed by atoms with Gasteiger partial charge in [0.15, 0.2) is 0 Å². The second-order valence-corrected chi connectivity index (χ2v) is 7.85. The highest BCUT2D eigenvalue weighted by Gasteiger charge is 2.31. The van der Waals surface area contributed by atoms with Crippen LogP contribution in [0.2, 0.25) is 0 Å². The van der Waals surface area contributed by atoms with Gasteiger partial charge in [-0.05, 0) is 24.6 Å². The molecule has 1 aromatic heterocycles. The second kappa shape index (κ2) is 7.98. The van der Waals surface area contributed by atoms with E-state index in [1.54, 1.807) is 11.3 Å². The fourth-order valence-electron chi connectivity index (χ4n) is 3.13. The van der Waals surface area contributed by atoms with Gasteiger partial charge >= 0.3 is 0 Å². The molecule has 144 valence electrons. The van der Waals surface area contributed by atoms with Crippen molar-refractivity contribution in [2.24, 2.45) is 0 Å². The third-order valence-corrected chi connectivity index (χ3v) is 5.69. The van der Waals surface area contributed by atoms with E-state index in [-0.39, 0.29) is 18.1 Å². The van der Waals surface area contributed by atoms with Gasteiger partial charge in [0.2, 0.25) is 11.0 Å². The van der Waals surface area contributed by atoms with Crippen molar-refractivity contribution in [2.75, 3.05) is 18.0 Å². The fourth-order valence-corrected chi connectivity index (χ4v) is 3.99. The molecule has 1 fully saturated rings. The topological polar surface area (TPSA) is 67.3 Å². The van der Waals surface area contributed by atoms with Crippen LogP contribution in [0.4, 0.5) is 5.13 Å². The van der Waals surface area contributed by atoms with Crippen molar-refractivity contribution in [3.8, 4) is 16.3 Å². The lowest BCUT2D eigenvalue weighted by atomic mass is 10.1. The SMILES string of the molecule is CC(=O)NC(C)c1ccc(OC2CN(c3nnc(-c4ccccc4)s3)C2)cc1. The smallest absolute Gasteiger partial charge is 0.217 e. The number of amides is 1. The summed E-state index contributed by atoms with van der Waals surface area (Å²) in [6.45, 7) is 5.09. The summed E-state index contributed by atoms with van der Waals surface area (Å²) in [7, 11) is 0. The van der Waals surface area contributed by atoms with Gasteiger partial charge in [-0.1, -0.05) is 53.8 Å². The average molecular weight is 395 g/mol. The number of rotatable bonds is 6. The maximum atomic E-state index is 11.2. The summed E-state index contributed by atoms with van der Waals surface area (Å²) < 4.78 is 6.04. The maximum Gasteiger partial charge on any atom is 0.217 e. The molecule has 0 bridgehead atoms. The Balaban J connectivity index is 1.30. The molecule has 0 saturated carbocycles. The summed E-state index contributed by atoms with van der Waals surface area (Å²) in [6.07, 6.45) is 0.141. The van der Waals surface area contributed by atoms with Gasteiger partial charge in [-0.3, -0.25) is 4.79 Å². The molecule has 1 aliphatic rings. The van der Waals surface area contributed by atoms with Crippen molar-refractivity contribution >= 4 is 22.4 Å². The van der Waals surface area contributed by atoms with Crippen LogP contribution in [-0.2, 0) is 4.79 Å². The van der Waals surface area contributed by atoms with E-state index in [2.05, 4.69) is 20.4 Å². The number of anilines is 1. The molecule has 1 amide bonds. The summed E-state index contributed by atoms with van der Waals surface area (Å²) in [5.74, 6) is 0.806. The summed E-state index contributed by atoms with van der Waals surface area (Å²) in [5.41, 5.74) is 2.15. The summed E-state index contributed by atoms with van der Waals surface area (Å²) >= 11 is 1.60. The fraction of sp³-hybridized carbons (Fsp3) is 0.286. The first-order valence-electron chi connectivity index (χ1n) is 9.26. The Hall–Kier alpha value is -2.93. The van der Waals surface area contributed by atoms with Crippen LogP contribution < -0.4 is 15.0 Å². The largest absolute Gasteiger partial charge is 0.487 e. The molecule has 2 heterocycles. The number of hydrogen-bond donors (Lipinski definition) is 1. The Bertz CT molecular complexity index is 937. The van der Waals surface area contributed by atoms with Crippen molar-refractivity contribution in [3.63, 3.8) is 0 Å². The van der Waals surface area contributed by atoms with E-state index in [1.165, 1.54) is 6.92 Å². The molecule has 1 unspecified atom stereocenters. The molecule has 3 aromatic rings. The predicted octanol–water partition coefficient (Wildman–Crippen LogP) is 3.67. The lowest BCUT2D eigenvalue weighted by Gasteiger charge is -2.38. The average Bonchev–Trinajstić information content (AvgIpc) is 3.14. The number of carbonyl (C=O) groups excluding carboxylic acids is 1. The highest BCUT2D eigenvalue weighted by atomic mass is 32.1. The minimum atomic E-state index is -0.0329. The zero-order valence-electron chi connectivity index (χ0n) is 15.8. The standard InChI is InChI=1S/C21H22N4O2S/c1-14(22-15(2)26)16-8-10-18(11-9-16)27-19-12-25(13-19)21-24-23-20(28-21)17-6-4-3-5-7-17/h3-11,14,19H,12-13H2,1-2H3,(H,22,26). The molecule has 0 radical (unpaired) electrons. The van der Waals surface area contributed by atoms with E-state index in [4.69, 9.17) is 4.74 Å².